The summed E-state index contributed by atoms with van der Waals surface area (Å²) in [6, 6.07) is 9.74. The first-order chi connectivity index (χ1) is 10.7. The van der Waals surface area contributed by atoms with Crippen molar-refractivity contribution in [1.29, 1.82) is 0 Å². The predicted molar refractivity (Wildman–Crippen MR) is 84.5 cm³/mol. The number of para-hydroxylation sites is 1. The van der Waals surface area contributed by atoms with Gasteiger partial charge in [-0.1, -0.05) is 18.2 Å². The molecule has 5 heteroatoms. The van der Waals surface area contributed by atoms with Gasteiger partial charge in [0.1, 0.15) is 0 Å². The third-order valence-corrected chi connectivity index (χ3v) is 4.59. The molecule has 1 aromatic carbocycles. The number of aromatic nitrogens is 1. The number of fused-ring (bicyclic) bond motifs is 1. The van der Waals surface area contributed by atoms with Gasteiger partial charge in [-0.15, -0.1) is 0 Å². The molecule has 2 heterocycles. The zero-order chi connectivity index (χ0) is 15.5. The van der Waals surface area contributed by atoms with Crippen LogP contribution in [0.25, 0.3) is 10.9 Å². The number of hydrogen-bond donors (Lipinski definition) is 3. The Balaban J connectivity index is 1.78. The molecule has 0 unspecified atom stereocenters. The number of aliphatic hydroxyl groups is 3. The maximum atomic E-state index is 10.3. The van der Waals surface area contributed by atoms with Crippen molar-refractivity contribution in [1.82, 2.24) is 9.88 Å². The minimum atomic E-state index is -0.437. The van der Waals surface area contributed by atoms with Crippen molar-refractivity contribution in [3.63, 3.8) is 0 Å². The fourth-order valence-electron chi connectivity index (χ4n) is 3.29. The summed E-state index contributed by atoms with van der Waals surface area (Å²) in [7, 11) is 0. The van der Waals surface area contributed by atoms with Crippen molar-refractivity contribution < 1.29 is 15.3 Å². The molecule has 1 aromatic heterocycles. The molecule has 2 atom stereocenters. The van der Waals surface area contributed by atoms with Crippen molar-refractivity contribution in [3.8, 4) is 0 Å². The molecule has 22 heavy (non-hydrogen) atoms. The number of β-amino-alcohol motifs (C(OH)–C–C–N with tert-alkyl or cyclic N) is 1. The van der Waals surface area contributed by atoms with Crippen molar-refractivity contribution in [3.05, 3.63) is 42.1 Å². The van der Waals surface area contributed by atoms with E-state index in [4.69, 9.17) is 0 Å². The number of likely N-dealkylation sites (tertiary alicyclic amines) is 1. The van der Waals surface area contributed by atoms with Gasteiger partial charge < -0.3 is 15.3 Å². The Kier molecular flexibility index (Phi) is 4.69. The Morgan fingerprint density at radius 1 is 1.14 bits per heavy atom. The van der Waals surface area contributed by atoms with E-state index in [1.807, 2.05) is 29.2 Å². The van der Waals surface area contributed by atoms with Gasteiger partial charge in [0, 0.05) is 30.6 Å². The quantitative estimate of drug-likeness (QED) is 0.746. The summed E-state index contributed by atoms with van der Waals surface area (Å²) in [6.45, 7) is 1.01. The van der Waals surface area contributed by atoms with E-state index < -0.39 is 6.10 Å². The predicted octanol–water partition coefficient (Wildman–Crippen LogP) is 0.423. The van der Waals surface area contributed by atoms with E-state index in [-0.39, 0.29) is 25.2 Å². The lowest BCUT2D eigenvalue weighted by Gasteiger charge is -2.23. The molecule has 1 saturated heterocycles. The average molecular weight is 302 g/mol. The molecule has 0 spiro atoms. The molecule has 0 radical (unpaired) electrons. The largest absolute Gasteiger partial charge is 0.395 e. The molecule has 2 aromatic rings. The molecular weight excluding hydrogens is 280 g/mol. The third-order valence-electron chi connectivity index (χ3n) is 4.59. The summed E-state index contributed by atoms with van der Waals surface area (Å²) in [5.41, 5.74) is 2.15. The highest BCUT2D eigenvalue weighted by molar-refractivity contribution is 5.81. The Bertz CT molecular complexity index is 625. The summed E-state index contributed by atoms with van der Waals surface area (Å²) < 4.78 is 0. The molecule has 1 aliphatic rings. The number of hydrogen-bond acceptors (Lipinski definition) is 5. The zero-order valence-electron chi connectivity index (χ0n) is 12.5. The van der Waals surface area contributed by atoms with Crippen molar-refractivity contribution in [2.45, 2.75) is 18.6 Å². The molecule has 0 aliphatic carbocycles. The maximum Gasteiger partial charge on any atom is 0.0710 e. The van der Waals surface area contributed by atoms with E-state index in [2.05, 4.69) is 11.1 Å². The van der Waals surface area contributed by atoms with Crippen molar-refractivity contribution in [2.75, 3.05) is 26.3 Å². The Hall–Kier alpha value is -1.53. The number of nitrogens with zero attached hydrogens (tertiary/aromatic N) is 2. The fraction of sp³-hybridized carbons (Fsp3) is 0.471. The third kappa shape index (κ3) is 2.98. The second-order valence-electron chi connectivity index (χ2n) is 5.99. The topological polar surface area (TPSA) is 76.8 Å². The first-order valence-electron chi connectivity index (χ1n) is 7.69. The van der Waals surface area contributed by atoms with Gasteiger partial charge in [-0.2, -0.15) is 0 Å². The van der Waals surface area contributed by atoms with Gasteiger partial charge in [0.2, 0.25) is 0 Å². The fourth-order valence-corrected chi connectivity index (χ4v) is 3.29. The van der Waals surface area contributed by atoms with Crippen LogP contribution < -0.4 is 0 Å². The molecule has 0 amide bonds. The molecule has 1 aliphatic heterocycles. The van der Waals surface area contributed by atoms with Crippen molar-refractivity contribution >= 4 is 10.9 Å². The summed E-state index contributed by atoms with van der Waals surface area (Å²) in [5, 5.41) is 30.0. The van der Waals surface area contributed by atoms with Gasteiger partial charge in [0.25, 0.3) is 0 Å². The van der Waals surface area contributed by atoms with Crippen LogP contribution in [0.15, 0.2) is 36.5 Å². The number of benzene rings is 1. The van der Waals surface area contributed by atoms with Gasteiger partial charge in [0.15, 0.2) is 0 Å². The first-order valence-corrected chi connectivity index (χ1v) is 7.69. The molecule has 118 valence electrons. The second-order valence-corrected chi connectivity index (χ2v) is 5.99. The normalized spacial score (nSPS) is 22.7. The Morgan fingerprint density at radius 2 is 1.91 bits per heavy atom. The van der Waals surface area contributed by atoms with Crippen LogP contribution in [0.4, 0.5) is 0 Å². The summed E-state index contributed by atoms with van der Waals surface area (Å²) >= 11 is 0. The molecule has 0 bridgehead atoms. The monoisotopic (exact) mass is 302 g/mol. The Labute approximate surface area is 129 Å². The number of aliphatic hydroxyl groups excluding tert-OH is 3. The van der Waals surface area contributed by atoms with Crippen LogP contribution in [0.5, 0.6) is 0 Å². The van der Waals surface area contributed by atoms with Gasteiger partial charge in [-0.3, -0.25) is 9.88 Å². The highest BCUT2D eigenvalue weighted by Crippen LogP contribution is 2.26. The molecule has 5 nitrogen and oxygen atoms in total. The first kappa shape index (κ1) is 15.4. The highest BCUT2D eigenvalue weighted by atomic mass is 16.3. The molecule has 1 fully saturated rings. The summed E-state index contributed by atoms with van der Waals surface area (Å²) in [4.78, 5) is 6.34. The van der Waals surface area contributed by atoms with E-state index >= 15 is 0 Å². The molecule has 0 saturated carbocycles. The summed E-state index contributed by atoms with van der Waals surface area (Å²) in [5.74, 6) is 0.103. The number of pyridine rings is 1. The van der Waals surface area contributed by atoms with Gasteiger partial charge >= 0.3 is 0 Å². The lowest BCUT2D eigenvalue weighted by atomic mass is 9.94. The van der Waals surface area contributed by atoms with Gasteiger partial charge in [-0.05, 0) is 24.1 Å². The average Bonchev–Trinajstić information content (AvgIpc) is 2.90. The summed E-state index contributed by atoms with van der Waals surface area (Å²) in [6.07, 6.45) is 2.14. The molecular formula is C17H22N2O3. The van der Waals surface area contributed by atoms with Crippen LogP contribution in [0, 0.1) is 5.92 Å². The molecule has 3 rings (SSSR count). The van der Waals surface area contributed by atoms with E-state index in [0.717, 1.165) is 17.3 Å². The second kappa shape index (κ2) is 6.71. The van der Waals surface area contributed by atoms with Gasteiger partial charge in [0.05, 0.1) is 30.9 Å². The molecule has 3 N–H and O–H groups in total. The standard InChI is InChI=1S/C17H22N2O3/c20-10-14(11-21)19-8-13(17(22)9-19)7-12-5-6-18-16-4-2-1-3-15(12)16/h1-6,13-14,17,20-22H,7-11H2/t13-,17-/m1/s1. The van der Waals surface area contributed by atoms with Crippen LogP contribution in [0.3, 0.4) is 0 Å². The van der Waals surface area contributed by atoms with E-state index in [9.17, 15) is 15.3 Å². The van der Waals surface area contributed by atoms with E-state index in [1.54, 1.807) is 6.20 Å². The van der Waals surface area contributed by atoms with Crippen LogP contribution in [-0.2, 0) is 6.42 Å². The van der Waals surface area contributed by atoms with Gasteiger partial charge in [-0.25, -0.2) is 0 Å². The van der Waals surface area contributed by atoms with Crippen LogP contribution in [-0.4, -0.2) is 63.7 Å². The van der Waals surface area contributed by atoms with Crippen LogP contribution in [0.2, 0.25) is 0 Å². The smallest absolute Gasteiger partial charge is 0.0710 e. The lowest BCUT2D eigenvalue weighted by Crippen LogP contribution is -2.39. The Morgan fingerprint density at radius 3 is 2.68 bits per heavy atom. The lowest BCUT2D eigenvalue weighted by molar-refractivity contribution is 0.0785. The maximum absolute atomic E-state index is 10.3. The van der Waals surface area contributed by atoms with Crippen molar-refractivity contribution in [2.24, 2.45) is 5.92 Å². The van der Waals surface area contributed by atoms with Crippen LogP contribution in [0.1, 0.15) is 5.56 Å². The zero-order valence-corrected chi connectivity index (χ0v) is 12.5. The minimum absolute atomic E-state index is 0.0892. The van der Waals surface area contributed by atoms with E-state index in [1.165, 1.54) is 5.56 Å². The number of rotatable bonds is 5. The minimum Gasteiger partial charge on any atom is -0.395 e. The SMILES string of the molecule is OCC(CO)N1C[C@@H](Cc2ccnc3ccccc23)[C@H](O)C1. The van der Waals surface area contributed by atoms with Crippen LogP contribution >= 0.6 is 0 Å². The highest BCUT2D eigenvalue weighted by Gasteiger charge is 2.34. The van der Waals surface area contributed by atoms with E-state index in [0.29, 0.717) is 13.1 Å².